The van der Waals surface area contributed by atoms with Crippen LogP contribution in [0.4, 0.5) is 5.69 Å². The Morgan fingerprint density at radius 1 is 1.06 bits per heavy atom. The van der Waals surface area contributed by atoms with E-state index >= 15 is 0 Å². The van der Waals surface area contributed by atoms with Gasteiger partial charge >= 0.3 is 0 Å². The largest absolute Gasteiger partial charge is 0.397 e. The molecule has 0 aliphatic heterocycles. The van der Waals surface area contributed by atoms with Gasteiger partial charge in [-0.25, -0.2) is 4.98 Å². The van der Waals surface area contributed by atoms with Gasteiger partial charge in [-0.15, -0.1) is 0 Å². The molecule has 0 radical (unpaired) electrons. The predicted octanol–water partition coefficient (Wildman–Crippen LogP) is 2.86. The zero-order valence-corrected chi connectivity index (χ0v) is 9.57. The average Bonchev–Trinajstić information content (AvgIpc) is 2.87. The molecule has 0 saturated carbocycles. The van der Waals surface area contributed by atoms with Crippen LogP contribution in [0, 0.1) is 0 Å². The highest BCUT2D eigenvalue weighted by atomic mass is 35.5. The molecular weight excluding hydrogens is 236 g/mol. The second kappa shape index (κ2) is 3.75. The molecule has 4 nitrogen and oxygen atoms in total. The third-order valence-electron chi connectivity index (χ3n) is 2.62. The minimum absolute atomic E-state index is 0.548. The third kappa shape index (κ3) is 1.62. The van der Waals surface area contributed by atoms with E-state index in [-0.39, 0.29) is 0 Å². The monoisotopic (exact) mass is 244 g/mol. The molecule has 0 saturated heterocycles. The number of hydrogen-bond donors (Lipinski definition) is 2. The molecule has 5 heteroatoms. The Morgan fingerprint density at radius 2 is 1.94 bits per heavy atom. The van der Waals surface area contributed by atoms with Crippen molar-refractivity contribution < 1.29 is 0 Å². The van der Waals surface area contributed by atoms with Crippen molar-refractivity contribution in [3.63, 3.8) is 0 Å². The van der Waals surface area contributed by atoms with Crippen LogP contribution < -0.4 is 5.73 Å². The maximum atomic E-state index is 5.96. The Labute approximate surface area is 102 Å². The highest BCUT2D eigenvalue weighted by Gasteiger charge is 2.06. The van der Waals surface area contributed by atoms with Crippen LogP contribution in [0.15, 0.2) is 36.5 Å². The fourth-order valence-electron chi connectivity index (χ4n) is 1.75. The topological polar surface area (TPSA) is 67.6 Å². The number of H-pyrrole nitrogens is 1. The zero-order valence-electron chi connectivity index (χ0n) is 8.81. The van der Waals surface area contributed by atoms with Crippen LogP contribution in [-0.2, 0) is 0 Å². The first kappa shape index (κ1) is 10.1. The lowest BCUT2D eigenvalue weighted by atomic mass is 10.1. The van der Waals surface area contributed by atoms with Gasteiger partial charge in [-0.1, -0.05) is 11.6 Å². The van der Waals surface area contributed by atoms with Crippen LogP contribution in [0.5, 0.6) is 0 Å². The number of pyridine rings is 1. The van der Waals surface area contributed by atoms with E-state index in [0.717, 1.165) is 22.3 Å². The number of benzene rings is 1. The number of fused-ring (bicyclic) bond motifs is 1. The second-order valence-electron chi connectivity index (χ2n) is 3.68. The molecule has 0 unspecified atom stereocenters. The number of nitrogens with one attached hydrogen (secondary N) is 1. The third-order valence-corrected chi connectivity index (χ3v) is 2.95. The van der Waals surface area contributed by atoms with E-state index in [4.69, 9.17) is 17.3 Å². The van der Waals surface area contributed by atoms with Gasteiger partial charge in [0.05, 0.1) is 21.9 Å². The second-order valence-corrected chi connectivity index (χ2v) is 4.09. The van der Waals surface area contributed by atoms with Crippen LogP contribution in [0.1, 0.15) is 0 Å². The van der Waals surface area contributed by atoms with E-state index in [1.807, 2.05) is 24.3 Å². The fraction of sp³-hybridized carbons (Fsp3) is 0. The first-order valence-electron chi connectivity index (χ1n) is 5.10. The lowest BCUT2D eigenvalue weighted by Gasteiger charge is -2.04. The summed E-state index contributed by atoms with van der Waals surface area (Å²) < 4.78 is 0. The van der Waals surface area contributed by atoms with Crippen LogP contribution in [0.3, 0.4) is 0 Å². The van der Waals surface area contributed by atoms with Crippen molar-refractivity contribution in [3.8, 4) is 11.4 Å². The molecule has 0 fully saturated rings. The molecule has 2 heterocycles. The van der Waals surface area contributed by atoms with Crippen molar-refractivity contribution >= 4 is 28.2 Å². The lowest BCUT2D eigenvalue weighted by Crippen LogP contribution is -1.91. The number of aromatic amines is 1. The van der Waals surface area contributed by atoms with Crippen LogP contribution in [0.25, 0.3) is 22.3 Å². The van der Waals surface area contributed by atoms with Gasteiger partial charge in [0.25, 0.3) is 0 Å². The van der Waals surface area contributed by atoms with Gasteiger partial charge in [-0.05, 0) is 30.3 Å². The summed E-state index contributed by atoms with van der Waals surface area (Å²) in [7, 11) is 0. The standard InChI is InChI=1S/C12H9ClN4/c13-8-2-4-9-7(12(8)14)1-3-10(16-9)11-5-6-15-17-11/h1-6H,14H2,(H,15,17). The lowest BCUT2D eigenvalue weighted by molar-refractivity contribution is 1.09. The summed E-state index contributed by atoms with van der Waals surface area (Å²) in [4.78, 5) is 4.50. The highest BCUT2D eigenvalue weighted by molar-refractivity contribution is 6.34. The number of nitrogen functional groups attached to an aromatic ring is 1. The normalized spacial score (nSPS) is 10.9. The maximum absolute atomic E-state index is 5.96. The van der Waals surface area contributed by atoms with E-state index in [1.54, 1.807) is 12.3 Å². The van der Waals surface area contributed by atoms with E-state index in [2.05, 4.69) is 15.2 Å². The van der Waals surface area contributed by atoms with Crippen molar-refractivity contribution in [2.45, 2.75) is 0 Å². The summed E-state index contributed by atoms with van der Waals surface area (Å²) in [5.74, 6) is 0. The van der Waals surface area contributed by atoms with Crippen molar-refractivity contribution in [2.75, 3.05) is 5.73 Å². The molecule has 1 aromatic carbocycles. The molecule has 0 aliphatic rings. The molecule has 3 N–H and O–H groups in total. The number of rotatable bonds is 1. The van der Waals surface area contributed by atoms with Gasteiger partial charge in [0.15, 0.2) is 0 Å². The minimum atomic E-state index is 0.548. The Hall–Kier alpha value is -2.07. The van der Waals surface area contributed by atoms with Gasteiger partial charge in [-0.3, -0.25) is 5.10 Å². The summed E-state index contributed by atoms with van der Waals surface area (Å²) >= 11 is 5.96. The van der Waals surface area contributed by atoms with Gasteiger partial charge in [0.2, 0.25) is 0 Å². The van der Waals surface area contributed by atoms with Gasteiger partial charge < -0.3 is 5.73 Å². The Balaban J connectivity index is 2.24. The number of nitrogens with two attached hydrogens (primary N) is 1. The SMILES string of the molecule is Nc1c(Cl)ccc2nc(-c3cc[nH]n3)ccc12. The molecule has 17 heavy (non-hydrogen) atoms. The molecule has 84 valence electrons. The number of aromatic nitrogens is 3. The first-order chi connectivity index (χ1) is 8.25. The van der Waals surface area contributed by atoms with E-state index in [0.29, 0.717) is 10.7 Å². The van der Waals surface area contributed by atoms with Gasteiger partial charge in [0.1, 0.15) is 5.69 Å². The van der Waals surface area contributed by atoms with Crippen molar-refractivity contribution in [1.82, 2.24) is 15.2 Å². The van der Waals surface area contributed by atoms with E-state index in [9.17, 15) is 0 Å². The molecule has 0 atom stereocenters. The van der Waals surface area contributed by atoms with Crippen LogP contribution >= 0.6 is 11.6 Å². The summed E-state index contributed by atoms with van der Waals surface area (Å²) in [6.07, 6.45) is 1.76. The number of halogens is 1. The smallest absolute Gasteiger partial charge is 0.110 e. The van der Waals surface area contributed by atoms with E-state index < -0.39 is 0 Å². The van der Waals surface area contributed by atoms with Gasteiger partial charge in [-0.2, -0.15) is 5.10 Å². The first-order valence-corrected chi connectivity index (χ1v) is 5.48. The maximum Gasteiger partial charge on any atom is 0.110 e. The zero-order chi connectivity index (χ0) is 11.8. The van der Waals surface area contributed by atoms with Crippen molar-refractivity contribution in [1.29, 1.82) is 0 Å². The predicted molar refractivity (Wildman–Crippen MR) is 68.7 cm³/mol. The molecule has 3 rings (SSSR count). The highest BCUT2D eigenvalue weighted by Crippen LogP contribution is 2.28. The summed E-state index contributed by atoms with van der Waals surface area (Å²) in [5, 5.41) is 8.26. The Bertz CT molecular complexity index is 676. The van der Waals surface area contributed by atoms with Crippen molar-refractivity contribution in [2.24, 2.45) is 0 Å². The Kier molecular flexibility index (Phi) is 2.23. The van der Waals surface area contributed by atoms with Crippen LogP contribution in [-0.4, -0.2) is 15.2 Å². The fourth-order valence-corrected chi connectivity index (χ4v) is 1.91. The number of nitrogens with zero attached hydrogens (tertiary/aromatic N) is 2. The minimum Gasteiger partial charge on any atom is -0.397 e. The summed E-state index contributed by atoms with van der Waals surface area (Å²) in [5.41, 5.74) is 8.88. The summed E-state index contributed by atoms with van der Waals surface area (Å²) in [6, 6.07) is 9.26. The quantitative estimate of drug-likeness (QED) is 0.647. The van der Waals surface area contributed by atoms with Gasteiger partial charge in [0, 0.05) is 11.6 Å². The molecular formula is C12H9ClN4. The average molecular weight is 245 g/mol. The van der Waals surface area contributed by atoms with E-state index in [1.165, 1.54) is 0 Å². The Morgan fingerprint density at radius 3 is 2.71 bits per heavy atom. The molecule has 0 spiro atoms. The summed E-state index contributed by atoms with van der Waals surface area (Å²) in [6.45, 7) is 0. The molecule has 2 aromatic heterocycles. The number of hydrogen-bond acceptors (Lipinski definition) is 3. The number of anilines is 1. The van der Waals surface area contributed by atoms with Crippen molar-refractivity contribution in [3.05, 3.63) is 41.6 Å². The molecule has 0 aliphatic carbocycles. The molecule has 3 aromatic rings. The molecule has 0 amide bonds. The van der Waals surface area contributed by atoms with Crippen LogP contribution in [0.2, 0.25) is 5.02 Å². The molecule has 0 bridgehead atoms.